The molecule has 0 bridgehead atoms. The van der Waals surface area contributed by atoms with Crippen LogP contribution in [-0.2, 0) is 0 Å². The third kappa shape index (κ3) is 2.61. The van der Waals surface area contributed by atoms with Crippen molar-refractivity contribution in [2.24, 2.45) is 0 Å². The van der Waals surface area contributed by atoms with Gasteiger partial charge in [-0.3, -0.25) is 0 Å². The van der Waals surface area contributed by atoms with Crippen molar-refractivity contribution in [3.63, 3.8) is 0 Å². The Hall–Kier alpha value is -2.28. The van der Waals surface area contributed by atoms with E-state index >= 15 is 0 Å². The molecule has 1 saturated carbocycles. The summed E-state index contributed by atoms with van der Waals surface area (Å²) in [7, 11) is 0. The maximum atomic E-state index is 13.9. The SMILES string of the molecule is Fc1ccc2c(c1)[C@@H](Nc1ncnc3cc(Br)cnc13)CC1(CCC1)O2. The maximum Gasteiger partial charge on any atom is 0.156 e. The van der Waals surface area contributed by atoms with Crippen LogP contribution in [0.15, 0.2) is 41.3 Å². The lowest BCUT2D eigenvalue weighted by molar-refractivity contribution is -0.0311. The summed E-state index contributed by atoms with van der Waals surface area (Å²) in [6.45, 7) is 0. The van der Waals surface area contributed by atoms with Crippen molar-refractivity contribution >= 4 is 32.8 Å². The number of nitrogens with one attached hydrogen (secondary N) is 1. The van der Waals surface area contributed by atoms with Crippen molar-refractivity contribution < 1.29 is 9.13 Å². The Morgan fingerprint density at radius 3 is 2.88 bits per heavy atom. The summed E-state index contributed by atoms with van der Waals surface area (Å²) in [4.78, 5) is 13.1. The number of benzene rings is 1. The number of aromatic nitrogens is 3. The number of ether oxygens (including phenoxy) is 1. The standard InChI is InChI=1S/C19H16BrFN4O/c20-11-6-14-17(22-9-11)18(24-10-23-14)25-15-8-19(4-1-5-19)26-16-3-2-12(21)7-13(15)16/h2-3,6-7,9-10,15H,1,4-5,8H2,(H,23,24,25)/t15-/m0/s1. The third-order valence-corrected chi connectivity index (χ3v) is 5.70. The molecule has 2 aliphatic rings. The topological polar surface area (TPSA) is 59.9 Å². The molecule has 7 heteroatoms. The first-order valence-corrected chi connectivity index (χ1v) is 9.42. The van der Waals surface area contributed by atoms with E-state index in [-0.39, 0.29) is 17.5 Å². The second-order valence-electron chi connectivity index (χ2n) is 6.97. The van der Waals surface area contributed by atoms with Gasteiger partial charge in [-0.2, -0.15) is 0 Å². The largest absolute Gasteiger partial charge is 0.487 e. The Bertz CT molecular complexity index is 1010. The average molecular weight is 415 g/mol. The zero-order valence-electron chi connectivity index (χ0n) is 13.9. The summed E-state index contributed by atoms with van der Waals surface area (Å²) in [6, 6.07) is 6.54. The van der Waals surface area contributed by atoms with Crippen LogP contribution in [0, 0.1) is 5.82 Å². The van der Waals surface area contributed by atoms with E-state index in [1.54, 1.807) is 18.3 Å². The molecular weight excluding hydrogens is 399 g/mol. The number of rotatable bonds is 2. The van der Waals surface area contributed by atoms with Crippen LogP contribution in [0.1, 0.15) is 37.3 Å². The molecule has 5 rings (SSSR count). The minimum absolute atomic E-state index is 0.0849. The van der Waals surface area contributed by atoms with Crippen LogP contribution in [0.25, 0.3) is 11.0 Å². The van der Waals surface area contributed by atoms with Gasteiger partial charge < -0.3 is 10.1 Å². The second-order valence-corrected chi connectivity index (χ2v) is 7.88. The van der Waals surface area contributed by atoms with Gasteiger partial charge in [-0.15, -0.1) is 0 Å². The fourth-order valence-corrected chi connectivity index (χ4v) is 4.16. The average Bonchev–Trinajstić information content (AvgIpc) is 2.60. The highest BCUT2D eigenvalue weighted by Gasteiger charge is 2.45. The van der Waals surface area contributed by atoms with Crippen LogP contribution in [0.4, 0.5) is 10.2 Å². The second kappa shape index (κ2) is 5.87. The van der Waals surface area contributed by atoms with Gasteiger partial charge in [0, 0.05) is 22.7 Å². The van der Waals surface area contributed by atoms with E-state index in [1.165, 1.54) is 12.4 Å². The zero-order valence-corrected chi connectivity index (χ0v) is 15.5. The fourth-order valence-electron chi connectivity index (χ4n) is 3.84. The van der Waals surface area contributed by atoms with Crippen molar-refractivity contribution in [1.82, 2.24) is 15.0 Å². The van der Waals surface area contributed by atoms with Gasteiger partial charge in [0.1, 0.15) is 29.0 Å². The molecule has 26 heavy (non-hydrogen) atoms. The third-order valence-electron chi connectivity index (χ3n) is 5.27. The number of anilines is 1. The molecule has 0 radical (unpaired) electrons. The van der Waals surface area contributed by atoms with Gasteiger partial charge in [-0.1, -0.05) is 0 Å². The van der Waals surface area contributed by atoms with Crippen molar-refractivity contribution in [2.45, 2.75) is 37.3 Å². The number of halogens is 2. The van der Waals surface area contributed by atoms with Crippen LogP contribution in [0.5, 0.6) is 5.75 Å². The number of hydrogen-bond donors (Lipinski definition) is 1. The number of nitrogens with zero attached hydrogens (tertiary/aromatic N) is 3. The fraction of sp³-hybridized carbons (Fsp3) is 0.316. The summed E-state index contributed by atoms with van der Waals surface area (Å²) in [5.41, 5.74) is 2.12. The van der Waals surface area contributed by atoms with Crippen molar-refractivity contribution in [3.8, 4) is 5.75 Å². The quantitative estimate of drug-likeness (QED) is 0.653. The van der Waals surface area contributed by atoms with Crippen LogP contribution >= 0.6 is 15.9 Å². The lowest BCUT2D eigenvalue weighted by Gasteiger charge is -2.48. The maximum absolute atomic E-state index is 13.9. The molecule has 3 aromatic rings. The van der Waals surface area contributed by atoms with E-state index in [2.05, 4.69) is 36.2 Å². The lowest BCUT2D eigenvalue weighted by Crippen LogP contribution is -2.48. The predicted octanol–water partition coefficient (Wildman–Crippen LogP) is 4.78. The van der Waals surface area contributed by atoms with E-state index < -0.39 is 0 Å². The summed E-state index contributed by atoms with van der Waals surface area (Å²) in [5, 5.41) is 3.47. The Morgan fingerprint density at radius 1 is 1.19 bits per heavy atom. The molecule has 1 aliphatic heterocycles. The summed E-state index contributed by atoms with van der Waals surface area (Å²) >= 11 is 3.42. The molecular formula is C19H16BrFN4O. The van der Waals surface area contributed by atoms with E-state index in [1.807, 2.05) is 6.07 Å². The molecule has 0 amide bonds. The normalized spacial score (nSPS) is 20.3. The molecule has 1 spiro atoms. The minimum atomic E-state index is -0.265. The molecule has 1 aromatic carbocycles. The monoisotopic (exact) mass is 414 g/mol. The molecule has 5 nitrogen and oxygen atoms in total. The highest BCUT2D eigenvalue weighted by atomic mass is 79.9. The van der Waals surface area contributed by atoms with Crippen LogP contribution < -0.4 is 10.1 Å². The van der Waals surface area contributed by atoms with Gasteiger partial charge in [0.05, 0.1) is 11.6 Å². The van der Waals surface area contributed by atoms with Gasteiger partial charge in [-0.05, 0) is 59.5 Å². The number of fused-ring (bicyclic) bond motifs is 2. The summed E-state index contributed by atoms with van der Waals surface area (Å²) in [6.07, 6.45) is 7.24. The Morgan fingerprint density at radius 2 is 2.08 bits per heavy atom. The van der Waals surface area contributed by atoms with Crippen LogP contribution in [0.2, 0.25) is 0 Å². The molecule has 1 N–H and O–H groups in total. The minimum Gasteiger partial charge on any atom is -0.487 e. The van der Waals surface area contributed by atoms with Gasteiger partial charge in [0.15, 0.2) is 5.82 Å². The first-order valence-electron chi connectivity index (χ1n) is 8.63. The van der Waals surface area contributed by atoms with E-state index in [0.29, 0.717) is 11.3 Å². The van der Waals surface area contributed by atoms with Crippen LogP contribution in [-0.4, -0.2) is 20.6 Å². The lowest BCUT2D eigenvalue weighted by atomic mass is 9.73. The van der Waals surface area contributed by atoms with E-state index in [9.17, 15) is 4.39 Å². The van der Waals surface area contributed by atoms with Gasteiger partial charge in [0.2, 0.25) is 0 Å². The molecule has 0 unspecified atom stereocenters. The summed E-state index contributed by atoms with van der Waals surface area (Å²) < 4.78 is 20.9. The Kier molecular flexibility index (Phi) is 3.60. The number of hydrogen-bond acceptors (Lipinski definition) is 5. The molecule has 0 saturated heterocycles. The van der Waals surface area contributed by atoms with Gasteiger partial charge in [-0.25, -0.2) is 19.3 Å². The molecule has 1 aliphatic carbocycles. The smallest absolute Gasteiger partial charge is 0.156 e. The highest BCUT2D eigenvalue weighted by molar-refractivity contribution is 9.10. The summed E-state index contributed by atoms with van der Waals surface area (Å²) in [5.74, 6) is 1.14. The Balaban J connectivity index is 1.57. The van der Waals surface area contributed by atoms with Gasteiger partial charge >= 0.3 is 0 Å². The number of pyridine rings is 1. The first-order chi connectivity index (χ1) is 12.6. The highest BCUT2D eigenvalue weighted by Crippen LogP contribution is 2.49. The van der Waals surface area contributed by atoms with E-state index in [4.69, 9.17) is 4.74 Å². The zero-order chi connectivity index (χ0) is 17.7. The molecule has 2 aromatic heterocycles. The van der Waals surface area contributed by atoms with Crippen LogP contribution in [0.3, 0.4) is 0 Å². The molecule has 1 atom stereocenters. The predicted molar refractivity (Wildman–Crippen MR) is 99.6 cm³/mol. The van der Waals surface area contributed by atoms with E-state index in [0.717, 1.165) is 47.0 Å². The van der Waals surface area contributed by atoms with Crippen molar-refractivity contribution in [1.29, 1.82) is 0 Å². The molecule has 132 valence electrons. The first kappa shape index (κ1) is 15.9. The molecule has 1 fully saturated rings. The van der Waals surface area contributed by atoms with Gasteiger partial charge in [0.25, 0.3) is 0 Å². The Labute approximate surface area is 158 Å². The molecule has 3 heterocycles. The van der Waals surface area contributed by atoms with Crippen molar-refractivity contribution in [3.05, 3.63) is 52.6 Å². The van der Waals surface area contributed by atoms with Crippen molar-refractivity contribution in [2.75, 3.05) is 5.32 Å².